The Kier molecular flexibility index (Phi) is 4.47. The Balaban J connectivity index is 2.16. The molecule has 106 valence electrons. The van der Waals surface area contributed by atoms with Crippen molar-refractivity contribution in [3.8, 4) is 0 Å². The molecule has 1 aromatic carbocycles. The van der Waals surface area contributed by atoms with E-state index in [9.17, 15) is 13.2 Å². The van der Waals surface area contributed by atoms with Crippen LogP contribution in [-0.2, 0) is 11.2 Å². The van der Waals surface area contributed by atoms with Gasteiger partial charge in [0.15, 0.2) is 0 Å². The van der Waals surface area contributed by atoms with Crippen LogP contribution >= 0.6 is 0 Å². The zero-order chi connectivity index (χ0) is 13.9. The van der Waals surface area contributed by atoms with Gasteiger partial charge in [0.2, 0.25) is 0 Å². The molecule has 1 aromatic rings. The minimum absolute atomic E-state index is 0.180. The van der Waals surface area contributed by atoms with Crippen molar-refractivity contribution >= 4 is 0 Å². The molecule has 2 atom stereocenters. The monoisotopic (exact) mass is 273 g/mol. The Labute approximate surface area is 111 Å². The van der Waals surface area contributed by atoms with Gasteiger partial charge in [-0.2, -0.15) is 13.2 Å². The summed E-state index contributed by atoms with van der Waals surface area (Å²) in [5.74, 6) is 0. The van der Waals surface area contributed by atoms with E-state index in [2.05, 4.69) is 5.32 Å². The Bertz CT molecular complexity index is 419. The van der Waals surface area contributed by atoms with Crippen LogP contribution in [0.5, 0.6) is 0 Å². The number of ether oxygens (including phenoxy) is 1. The first-order chi connectivity index (χ1) is 9.01. The third-order valence-electron chi connectivity index (χ3n) is 3.47. The van der Waals surface area contributed by atoms with E-state index >= 15 is 0 Å². The molecule has 1 N–H and O–H groups in total. The molecule has 5 heteroatoms. The minimum Gasteiger partial charge on any atom is -0.367 e. The van der Waals surface area contributed by atoms with Gasteiger partial charge in [-0.15, -0.1) is 0 Å². The molecule has 0 aliphatic heterocycles. The van der Waals surface area contributed by atoms with Crippen molar-refractivity contribution in [2.75, 3.05) is 13.7 Å². The summed E-state index contributed by atoms with van der Waals surface area (Å²) in [7, 11) is 1.76. The van der Waals surface area contributed by atoms with Gasteiger partial charge in [-0.05, 0) is 37.4 Å². The molecule has 0 amide bonds. The summed E-state index contributed by atoms with van der Waals surface area (Å²) in [6, 6.07) is 7.69. The van der Waals surface area contributed by atoms with E-state index in [0.29, 0.717) is 6.42 Å². The van der Waals surface area contributed by atoms with E-state index in [1.54, 1.807) is 7.05 Å². The lowest BCUT2D eigenvalue weighted by Gasteiger charge is -2.27. The zero-order valence-electron chi connectivity index (χ0n) is 10.8. The van der Waals surface area contributed by atoms with E-state index in [0.717, 1.165) is 18.4 Å². The van der Waals surface area contributed by atoms with Gasteiger partial charge in [-0.3, -0.25) is 0 Å². The first-order valence-electron chi connectivity index (χ1n) is 6.44. The molecule has 0 spiro atoms. The number of hydrogen-bond donors (Lipinski definition) is 1. The smallest absolute Gasteiger partial charge is 0.367 e. The molecule has 0 fully saturated rings. The van der Waals surface area contributed by atoms with Crippen LogP contribution in [0.15, 0.2) is 24.3 Å². The third-order valence-corrected chi connectivity index (χ3v) is 3.47. The van der Waals surface area contributed by atoms with Crippen molar-refractivity contribution in [1.29, 1.82) is 0 Å². The fourth-order valence-electron chi connectivity index (χ4n) is 2.65. The number of benzene rings is 1. The molecule has 0 aromatic heterocycles. The van der Waals surface area contributed by atoms with Gasteiger partial charge in [0, 0.05) is 0 Å². The van der Waals surface area contributed by atoms with Gasteiger partial charge in [0.1, 0.15) is 6.61 Å². The van der Waals surface area contributed by atoms with Crippen molar-refractivity contribution in [2.45, 2.75) is 37.6 Å². The maximum atomic E-state index is 12.3. The van der Waals surface area contributed by atoms with Gasteiger partial charge in [0.05, 0.1) is 12.1 Å². The lowest BCUT2D eigenvalue weighted by molar-refractivity contribution is -0.188. The van der Waals surface area contributed by atoms with Gasteiger partial charge in [0.25, 0.3) is 0 Å². The number of halogens is 3. The van der Waals surface area contributed by atoms with E-state index in [1.807, 2.05) is 24.3 Å². The predicted octanol–water partition coefficient (Wildman–Crippen LogP) is 3.23. The van der Waals surface area contributed by atoms with Crippen LogP contribution in [0.25, 0.3) is 0 Å². The largest absolute Gasteiger partial charge is 0.411 e. The summed E-state index contributed by atoms with van der Waals surface area (Å²) in [5, 5.41) is 3.09. The molecule has 1 aliphatic rings. The van der Waals surface area contributed by atoms with Gasteiger partial charge >= 0.3 is 6.18 Å². The van der Waals surface area contributed by atoms with Crippen LogP contribution < -0.4 is 5.32 Å². The maximum absolute atomic E-state index is 12.3. The molecule has 19 heavy (non-hydrogen) atoms. The Morgan fingerprint density at radius 1 is 1.32 bits per heavy atom. The second kappa shape index (κ2) is 5.92. The fourth-order valence-corrected chi connectivity index (χ4v) is 2.65. The lowest BCUT2D eigenvalue weighted by Crippen LogP contribution is -2.34. The number of aryl methyl sites for hydroxylation is 1. The molecule has 0 radical (unpaired) electrons. The highest BCUT2D eigenvalue weighted by Gasteiger charge is 2.33. The van der Waals surface area contributed by atoms with E-state index in [-0.39, 0.29) is 6.04 Å². The average molecular weight is 273 g/mol. The summed E-state index contributed by atoms with van der Waals surface area (Å²) >= 11 is 0. The topological polar surface area (TPSA) is 21.3 Å². The zero-order valence-corrected chi connectivity index (χ0v) is 10.8. The molecule has 0 saturated heterocycles. The summed E-state index contributed by atoms with van der Waals surface area (Å²) in [6.07, 6.45) is -2.34. The highest BCUT2D eigenvalue weighted by atomic mass is 19.4. The number of likely N-dealkylation sites (N-methyl/N-ethyl adjacent to an activating group) is 1. The Morgan fingerprint density at radius 3 is 2.74 bits per heavy atom. The van der Waals surface area contributed by atoms with Crippen molar-refractivity contribution in [1.82, 2.24) is 5.32 Å². The maximum Gasteiger partial charge on any atom is 0.411 e. The number of rotatable bonds is 3. The van der Waals surface area contributed by atoms with Crippen molar-refractivity contribution in [2.24, 2.45) is 0 Å². The molecule has 0 bridgehead atoms. The van der Waals surface area contributed by atoms with Gasteiger partial charge in [-0.25, -0.2) is 0 Å². The Morgan fingerprint density at radius 2 is 2.05 bits per heavy atom. The predicted molar refractivity (Wildman–Crippen MR) is 67.0 cm³/mol. The highest BCUT2D eigenvalue weighted by Crippen LogP contribution is 2.31. The van der Waals surface area contributed by atoms with Crippen LogP contribution in [0, 0.1) is 0 Å². The van der Waals surface area contributed by atoms with Crippen molar-refractivity contribution < 1.29 is 17.9 Å². The van der Waals surface area contributed by atoms with E-state index in [4.69, 9.17) is 4.74 Å². The van der Waals surface area contributed by atoms with E-state index < -0.39 is 18.9 Å². The van der Waals surface area contributed by atoms with Crippen LogP contribution in [0.3, 0.4) is 0 Å². The third kappa shape index (κ3) is 3.70. The standard InChI is InChI=1S/C14H18F3NO/c1-18-13-11-7-3-2-5-10(11)6-4-8-12(13)19-9-14(15,16)17/h2-3,5,7,12-13,18H,4,6,8-9H2,1H3. The minimum atomic E-state index is -4.27. The first-order valence-corrected chi connectivity index (χ1v) is 6.44. The highest BCUT2D eigenvalue weighted by molar-refractivity contribution is 5.32. The molecule has 1 aliphatic carbocycles. The SMILES string of the molecule is CNC1c2ccccc2CCCC1OCC(F)(F)F. The summed E-state index contributed by atoms with van der Waals surface area (Å²) in [4.78, 5) is 0. The Hall–Kier alpha value is -1.07. The van der Waals surface area contributed by atoms with Crippen LogP contribution in [-0.4, -0.2) is 25.9 Å². The van der Waals surface area contributed by atoms with Gasteiger partial charge < -0.3 is 10.1 Å². The number of nitrogens with one attached hydrogen (secondary N) is 1. The van der Waals surface area contributed by atoms with Crippen molar-refractivity contribution in [3.05, 3.63) is 35.4 Å². The van der Waals surface area contributed by atoms with Crippen molar-refractivity contribution in [3.63, 3.8) is 0 Å². The van der Waals surface area contributed by atoms with Crippen LogP contribution in [0.1, 0.15) is 30.0 Å². The summed E-state index contributed by atoms with van der Waals surface area (Å²) in [6.45, 7) is -1.18. The first kappa shape index (κ1) is 14.3. The van der Waals surface area contributed by atoms with E-state index in [1.165, 1.54) is 5.56 Å². The number of alkyl halides is 3. The quantitative estimate of drug-likeness (QED) is 0.854. The summed E-state index contributed by atoms with van der Waals surface area (Å²) in [5.41, 5.74) is 2.25. The second-order valence-electron chi connectivity index (χ2n) is 4.82. The van der Waals surface area contributed by atoms with Crippen LogP contribution in [0.2, 0.25) is 0 Å². The normalized spacial score (nSPS) is 23.8. The number of fused-ring (bicyclic) bond motifs is 1. The molecule has 2 rings (SSSR count). The molecule has 0 heterocycles. The molecule has 2 nitrogen and oxygen atoms in total. The fraction of sp³-hybridized carbons (Fsp3) is 0.571. The van der Waals surface area contributed by atoms with Gasteiger partial charge in [-0.1, -0.05) is 24.3 Å². The molecular weight excluding hydrogens is 255 g/mol. The summed E-state index contributed by atoms with van der Waals surface area (Å²) < 4.78 is 42.0. The average Bonchev–Trinajstić information content (AvgIpc) is 2.54. The number of hydrogen-bond acceptors (Lipinski definition) is 2. The second-order valence-corrected chi connectivity index (χ2v) is 4.82. The lowest BCUT2D eigenvalue weighted by atomic mass is 9.98. The van der Waals surface area contributed by atoms with Crippen LogP contribution in [0.4, 0.5) is 13.2 Å². The molecular formula is C14H18F3NO. The molecule has 2 unspecified atom stereocenters. The molecule has 0 saturated carbocycles.